The van der Waals surface area contributed by atoms with Gasteiger partial charge in [-0.3, -0.25) is 4.90 Å². The predicted octanol–water partition coefficient (Wildman–Crippen LogP) is 4.62. The molecule has 0 saturated carbocycles. The third kappa shape index (κ3) is 3.12. The van der Waals surface area contributed by atoms with E-state index in [0.717, 1.165) is 26.1 Å². The Morgan fingerprint density at radius 1 is 0.933 bits per heavy atom. The fourth-order valence-electron chi connectivity index (χ4n) is 3.73. The summed E-state index contributed by atoms with van der Waals surface area (Å²) in [5.74, 6) is -0.603. The SMILES string of the molecule is O=C(Oc1ccc2ccc3ccccc3c2c1)N1CCn2c(nnc2C(F)(F)F)C1. The first-order chi connectivity index (χ1) is 14.4. The van der Waals surface area contributed by atoms with Crippen LogP contribution in [0.15, 0.2) is 54.6 Å². The predicted molar refractivity (Wildman–Crippen MR) is 103 cm³/mol. The Kier molecular flexibility index (Phi) is 4.12. The Labute approximate surface area is 168 Å². The lowest BCUT2D eigenvalue weighted by molar-refractivity contribution is -0.147. The van der Waals surface area contributed by atoms with Crippen LogP contribution in [-0.2, 0) is 19.3 Å². The Morgan fingerprint density at radius 2 is 1.67 bits per heavy atom. The molecule has 0 fully saturated rings. The third-order valence-electron chi connectivity index (χ3n) is 5.19. The van der Waals surface area contributed by atoms with Crippen molar-refractivity contribution in [1.29, 1.82) is 0 Å². The topological polar surface area (TPSA) is 60.2 Å². The molecule has 3 aromatic carbocycles. The minimum atomic E-state index is -4.58. The maximum atomic E-state index is 13.0. The summed E-state index contributed by atoms with van der Waals surface area (Å²) in [7, 11) is 0. The summed E-state index contributed by atoms with van der Waals surface area (Å²) in [4.78, 5) is 13.9. The molecule has 4 aromatic rings. The molecule has 6 nitrogen and oxygen atoms in total. The van der Waals surface area contributed by atoms with Crippen LogP contribution in [0.2, 0.25) is 0 Å². The molecule has 0 aliphatic carbocycles. The van der Waals surface area contributed by atoms with Crippen molar-refractivity contribution in [1.82, 2.24) is 19.7 Å². The van der Waals surface area contributed by atoms with Crippen LogP contribution >= 0.6 is 0 Å². The fraction of sp³-hybridized carbons (Fsp3) is 0.190. The number of hydrogen-bond acceptors (Lipinski definition) is 4. The number of carbonyl (C=O) groups is 1. The van der Waals surface area contributed by atoms with Crippen molar-refractivity contribution in [2.45, 2.75) is 19.3 Å². The number of ether oxygens (including phenoxy) is 1. The minimum Gasteiger partial charge on any atom is -0.410 e. The van der Waals surface area contributed by atoms with Gasteiger partial charge in [-0.1, -0.05) is 42.5 Å². The maximum absolute atomic E-state index is 13.0. The first kappa shape index (κ1) is 18.4. The Bertz CT molecular complexity index is 1280. The summed E-state index contributed by atoms with van der Waals surface area (Å²) in [5.41, 5.74) is 0. The molecule has 1 aromatic heterocycles. The second-order valence-corrected chi connectivity index (χ2v) is 7.05. The molecule has 0 unspecified atom stereocenters. The summed E-state index contributed by atoms with van der Waals surface area (Å²) >= 11 is 0. The van der Waals surface area contributed by atoms with Crippen LogP contribution in [0, 0.1) is 0 Å². The van der Waals surface area contributed by atoms with Crippen molar-refractivity contribution in [3.63, 3.8) is 0 Å². The summed E-state index contributed by atoms with van der Waals surface area (Å²) in [5, 5.41) is 10.9. The average molecular weight is 412 g/mol. The number of fused-ring (bicyclic) bond motifs is 4. The molecule has 2 heterocycles. The normalized spacial score (nSPS) is 14.2. The number of hydrogen-bond donors (Lipinski definition) is 0. The first-order valence-electron chi connectivity index (χ1n) is 9.28. The average Bonchev–Trinajstić information content (AvgIpc) is 3.17. The van der Waals surface area contributed by atoms with Crippen molar-refractivity contribution < 1.29 is 22.7 Å². The van der Waals surface area contributed by atoms with Crippen LogP contribution < -0.4 is 4.74 Å². The van der Waals surface area contributed by atoms with E-state index >= 15 is 0 Å². The monoisotopic (exact) mass is 412 g/mol. The highest BCUT2D eigenvalue weighted by Crippen LogP contribution is 2.31. The number of amides is 1. The summed E-state index contributed by atoms with van der Waals surface area (Å²) < 4.78 is 45.4. The van der Waals surface area contributed by atoms with E-state index < -0.39 is 18.1 Å². The minimum absolute atomic E-state index is 0.0470. The molecule has 30 heavy (non-hydrogen) atoms. The van der Waals surface area contributed by atoms with E-state index in [4.69, 9.17) is 4.74 Å². The molecule has 0 saturated heterocycles. The van der Waals surface area contributed by atoms with Gasteiger partial charge in [-0.05, 0) is 33.7 Å². The number of nitrogens with zero attached hydrogens (tertiary/aromatic N) is 4. The number of aromatic nitrogens is 3. The highest BCUT2D eigenvalue weighted by Gasteiger charge is 2.40. The summed E-state index contributed by atoms with van der Waals surface area (Å²) in [6, 6.07) is 17.3. The van der Waals surface area contributed by atoms with E-state index in [1.165, 1.54) is 4.90 Å². The quantitative estimate of drug-likeness (QED) is 0.428. The van der Waals surface area contributed by atoms with E-state index in [1.54, 1.807) is 12.1 Å². The maximum Gasteiger partial charge on any atom is 0.451 e. The number of benzene rings is 3. The van der Waals surface area contributed by atoms with E-state index in [0.29, 0.717) is 5.75 Å². The van der Waals surface area contributed by atoms with E-state index in [-0.39, 0.29) is 25.5 Å². The van der Waals surface area contributed by atoms with Crippen molar-refractivity contribution >= 4 is 27.6 Å². The van der Waals surface area contributed by atoms with Crippen LogP contribution in [-0.4, -0.2) is 32.3 Å². The zero-order valence-corrected chi connectivity index (χ0v) is 15.6. The lowest BCUT2D eigenvalue weighted by atomic mass is 10.0. The lowest BCUT2D eigenvalue weighted by Gasteiger charge is -2.27. The molecular weight excluding hydrogens is 397 g/mol. The second kappa shape index (κ2) is 6.72. The van der Waals surface area contributed by atoms with Crippen LogP contribution in [0.3, 0.4) is 0 Å². The van der Waals surface area contributed by atoms with Gasteiger partial charge in [0.05, 0.1) is 6.54 Å². The van der Waals surface area contributed by atoms with Gasteiger partial charge in [0.1, 0.15) is 5.75 Å². The van der Waals surface area contributed by atoms with Crippen molar-refractivity contribution in [3.05, 3.63) is 66.2 Å². The van der Waals surface area contributed by atoms with Gasteiger partial charge in [-0.15, -0.1) is 10.2 Å². The number of rotatable bonds is 1. The van der Waals surface area contributed by atoms with E-state index in [9.17, 15) is 18.0 Å². The van der Waals surface area contributed by atoms with Gasteiger partial charge < -0.3 is 9.30 Å². The molecule has 1 aliphatic heterocycles. The fourth-order valence-corrected chi connectivity index (χ4v) is 3.73. The zero-order chi connectivity index (χ0) is 20.9. The lowest BCUT2D eigenvalue weighted by Crippen LogP contribution is -2.40. The van der Waals surface area contributed by atoms with Gasteiger partial charge in [0.15, 0.2) is 5.82 Å². The van der Waals surface area contributed by atoms with Crippen LogP contribution in [0.1, 0.15) is 11.6 Å². The van der Waals surface area contributed by atoms with Crippen LogP contribution in [0.5, 0.6) is 5.75 Å². The van der Waals surface area contributed by atoms with Gasteiger partial charge in [-0.2, -0.15) is 13.2 Å². The highest BCUT2D eigenvalue weighted by atomic mass is 19.4. The van der Waals surface area contributed by atoms with Crippen LogP contribution in [0.25, 0.3) is 21.5 Å². The third-order valence-corrected chi connectivity index (χ3v) is 5.19. The second-order valence-electron chi connectivity index (χ2n) is 7.05. The molecule has 0 bridgehead atoms. The van der Waals surface area contributed by atoms with Gasteiger partial charge in [0.25, 0.3) is 0 Å². The Hall–Kier alpha value is -3.62. The number of halogens is 3. The summed E-state index contributed by atoms with van der Waals surface area (Å²) in [6.07, 6.45) is -5.22. The highest BCUT2D eigenvalue weighted by molar-refractivity contribution is 6.07. The van der Waals surface area contributed by atoms with E-state index in [2.05, 4.69) is 10.2 Å². The molecule has 0 radical (unpaired) electrons. The van der Waals surface area contributed by atoms with Crippen LogP contribution in [0.4, 0.5) is 18.0 Å². The number of carbonyl (C=O) groups excluding carboxylic acids is 1. The molecular formula is C21H15F3N4O2. The molecule has 1 amide bonds. The summed E-state index contributed by atoms with van der Waals surface area (Å²) in [6.45, 7) is -0.0729. The number of alkyl halides is 3. The zero-order valence-electron chi connectivity index (χ0n) is 15.6. The van der Waals surface area contributed by atoms with Crippen molar-refractivity contribution in [2.75, 3.05) is 6.54 Å². The molecule has 5 rings (SSSR count). The molecule has 1 aliphatic rings. The van der Waals surface area contributed by atoms with Gasteiger partial charge in [0, 0.05) is 13.1 Å². The Morgan fingerprint density at radius 3 is 2.47 bits per heavy atom. The Balaban J connectivity index is 1.39. The smallest absolute Gasteiger partial charge is 0.410 e. The molecule has 152 valence electrons. The molecule has 9 heteroatoms. The van der Waals surface area contributed by atoms with Gasteiger partial charge in [-0.25, -0.2) is 4.79 Å². The van der Waals surface area contributed by atoms with Crippen molar-refractivity contribution in [3.8, 4) is 5.75 Å². The molecule has 0 N–H and O–H groups in total. The molecule has 0 spiro atoms. The van der Waals surface area contributed by atoms with Gasteiger partial charge in [0.2, 0.25) is 5.82 Å². The van der Waals surface area contributed by atoms with Crippen molar-refractivity contribution in [2.24, 2.45) is 0 Å². The molecule has 0 atom stereocenters. The van der Waals surface area contributed by atoms with Gasteiger partial charge >= 0.3 is 12.3 Å². The van der Waals surface area contributed by atoms with E-state index in [1.807, 2.05) is 42.5 Å². The standard InChI is InChI=1S/C21H15F3N4O2/c22-21(23,24)19-26-25-18-12-27(9-10-28(18)19)20(29)30-15-8-7-14-6-5-13-3-1-2-4-16(13)17(14)11-15/h1-8,11H,9-10,12H2. The largest absolute Gasteiger partial charge is 0.451 e. The first-order valence-corrected chi connectivity index (χ1v) is 9.28.